The fourth-order valence-electron chi connectivity index (χ4n) is 4.85. The number of benzene rings is 3. The SMILES string of the molecule is CC(C)c1cc(C(C)C)c(B(/C=C/c2ccc(N(C)C)cc2)/C=C/c2ccc(N(C)C)cc2)c(C(C)C)c1. The molecule has 0 amide bonds. The first-order chi connectivity index (χ1) is 18.0. The molecule has 0 fully saturated rings. The zero-order valence-corrected chi connectivity index (χ0v) is 25.3. The zero-order chi connectivity index (χ0) is 28.0. The first-order valence-corrected chi connectivity index (χ1v) is 14.1. The summed E-state index contributed by atoms with van der Waals surface area (Å²) in [4.78, 5) is 4.28. The van der Waals surface area contributed by atoms with E-state index in [1.807, 2.05) is 0 Å². The van der Waals surface area contributed by atoms with E-state index in [1.165, 1.54) is 44.7 Å². The lowest BCUT2D eigenvalue weighted by atomic mass is 9.41. The van der Waals surface area contributed by atoms with Crippen LogP contribution < -0.4 is 15.3 Å². The summed E-state index contributed by atoms with van der Waals surface area (Å²) in [5, 5.41) is 0. The van der Waals surface area contributed by atoms with Crippen molar-refractivity contribution in [3.8, 4) is 0 Å². The van der Waals surface area contributed by atoms with Crippen molar-refractivity contribution in [1.29, 1.82) is 0 Å². The maximum atomic E-state index is 2.46. The van der Waals surface area contributed by atoms with E-state index in [9.17, 15) is 0 Å². The van der Waals surface area contributed by atoms with Crippen molar-refractivity contribution in [3.05, 3.63) is 100 Å². The van der Waals surface area contributed by atoms with E-state index in [1.54, 1.807) is 0 Å². The van der Waals surface area contributed by atoms with Gasteiger partial charge in [-0.15, -0.1) is 12.0 Å². The molecule has 0 saturated carbocycles. The van der Waals surface area contributed by atoms with E-state index >= 15 is 0 Å². The summed E-state index contributed by atoms with van der Waals surface area (Å²) in [5.41, 5.74) is 10.7. The largest absolute Gasteiger partial charge is 0.378 e. The van der Waals surface area contributed by atoms with E-state index in [0.717, 1.165) is 0 Å². The van der Waals surface area contributed by atoms with Gasteiger partial charge in [0.1, 0.15) is 0 Å². The molecule has 0 heterocycles. The summed E-state index contributed by atoms with van der Waals surface area (Å²) in [6.45, 7) is 14.1. The van der Waals surface area contributed by atoms with Crippen molar-refractivity contribution in [2.24, 2.45) is 0 Å². The lowest BCUT2D eigenvalue weighted by Gasteiger charge is -2.25. The molecule has 2 nitrogen and oxygen atoms in total. The van der Waals surface area contributed by atoms with Crippen LogP contribution in [0.4, 0.5) is 11.4 Å². The Morgan fingerprint density at radius 1 is 0.553 bits per heavy atom. The van der Waals surface area contributed by atoms with Crippen molar-refractivity contribution in [2.45, 2.75) is 59.3 Å². The van der Waals surface area contributed by atoms with Gasteiger partial charge in [-0.3, -0.25) is 0 Å². The van der Waals surface area contributed by atoms with E-state index in [4.69, 9.17) is 0 Å². The molecule has 3 aromatic rings. The van der Waals surface area contributed by atoms with Gasteiger partial charge >= 0.3 is 0 Å². The van der Waals surface area contributed by atoms with Gasteiger partial charge in [-0.1, -0.05) is 95.6 Å². The molecule has 0 unspecified atom stereocenters. The van der Waals surface area contributed by atoms with E-state index in [2.05, 4.69) is 164 Å². The fraction of sp³-hybridized carbons (Fsp3) is 0.371. The first-order valence-electron chi connectivity index (χ1n) is 14.1. The van der Waals surface area contributed by atoms with Crippen LogP contribution in [0.5, 0.6) is 0 Å². The second-order valence-electron chi connectivity index (χ2n) is 11.8. The molecule has 0 aliphatic carbocycles. The molecule has 200 valence electrons. The molecular weight excluding hydrogens is 459 g/mol. The van der Waals surface area contributed by atoms with Crippen molar-refractivity contribution in [1.82, 2.24) is 0 Å². The molecule has 0 bridgehead atoms. The minimum absolute atomic E-state index is 0.174. The zero-order valence-electron chi connectivity index (χ0n) is 25.3. The standard InChI is InChI=1S/C35H47BN2/c1-25(2)30-23-33(26(3)4)35(34(24-30)27(5)6)36(21-19-28-11-15-31(16-12-28)37(7)8)22-20-29-13-17-32(18-14-29)38(9)10/h11-27H,1-10H3/b21-19+,22-20+. The molecule has 0 aromatic heterocycles. The summed E-state index contributed by atoms with van der Waals surface area (Å²) < 4.78 is 0. The topological polar surface area (TPSA) is 6.48 Å². The Hall–Kier alpha value is -3.20. The van der Waals surface area contributed by atoms with Gasteiger partial charge in [-0.05, 0) is 69.8 Å². The molecule has 0 atom stereocenters. The van der Waals surface area contributed by atoms with Crippen LogP contribution in [0, 0.1) is 0 Å². The molecule has 0 aliphatic rings. The smallest absolute Gasteiger partial charge is 0.227 e. The highest BCUT2D eigenvalue weighted by atomic mass is 15.1. The normalized spacial score (nSPS) is 11.9. The Bertz CT molecular complexity index is 1140. The van der Waals surface area contributed by atoms with E-state index in [0.29, 0.717) is 17.8 Å². The highest BCUT2D eigenvalue weighted by molar-refractivity contribution is 6.83. The van der Waals surface area contributed by atoms with Crippen LogP contribution in [0.2, 0.25) is 0 Å². The predicted octanol–water partition coefficient (Wildman–Crippen LogP) is 8.40. The summed E-state index contributed by atoms with van der Waals surface area (Å²) in [7, 11) is 8.33. The molecule has 0 saturated heterocycles. The van der Waals surface area contributed by atoms with Crippen molar-refractivity contribution >= 4 is 35.7 Å². The van der Waals surface area contributed by atoms with Crippen LogP contribution in [-0.4, -0.2) is 34.9 Å². The Morgan fingerprint density at radius 2 is 0.921 bits per heavy atom. The fourth-order valence-corrected chi connectivity index (χ4v) is 4.85. The Kier molecular flexibility index (Phi) is 10.1. The van der Waals surface area contributed by atoms with Crippen LogP contribution in [-0.2, 0) is 0 Å². The average molecular weight is 507 g/mol. The Labute approximate surface area is 233 Å². The lowest BCUT2D eigenvalue weighted by molar-refractivity contribution is 0.812. The maximum Gasteiger partial charge on any atom is 0.227 e. The third kappa shape index (κ3) is 7.44. The molecule has 0 spiro atoms. The van der Waals surface area contributed by atoms with Crippen LogP contribution >= 0.6 is 0 Å². The predicted molar refractivity (Wildman–Crippen MR) is 174 cm³/mol. The van der Waals surface area contributed by atoms with Gasteiger partial charge in [0.25, 0.3) is 0 Å². The summed E-state index contributed by atoms with van der Waals surface area (Å²) in [6, 6.07) is 22.5. The molecule has 0 N–H and O–H groups in total. The number of hydrogen-bond acceptors (Lipinski definition) is 2. The molecular formula is C35H47BN2. The van der Waals surface area contributed by atoms with Gasteiger partial charge in [-0.2, -0.15) is 0 Å². The third-order valence-corrected chi connectivity index (χ3v) is 7.32. The van der Waals surface area contributed by atoms with Crippen LogP contribution in [0.15, 0.2) is 72.6 Å². The number of nitrogens with zero attached hydrogens (tertiary/aromatic N) is 2. The number of anilines is 2. The Morgan fingerprint density at radius 3 is 1.21 bits per heavy atom. The van der Waals surface area contributed by atoms with Gasteiger partial charge in [0, 0.05) is 39.6 Å². The number of hydrogen-bond donors (Lipinski definition) is 0. The summed E-state index contributed by atoms with van der Waals surface area (Å²) in [5.74, 6) is 6.18. The minimum atomic E-state index is 0.174. The Balaban J connectivity index is 2.14. The molecule has 3 rings (SSSR count). The highest BCUT2D eigenvalue weighted by Gasteiger charge is 2.23. The second-order valence-corrected chi connectivity index (χ2v) is 11.8. The molecule has 0 radical (unpaired) electrons. The van der Waals surface area contributed by atoms with Crippen LogP contribution in [0.3, 0.4) is 0 Å². The maximum absolute atomic E-state index is 2.46. The average Bonchev–Trinajstić information content (AvgIpc) is 2.88. The van der Waals surface area contributed by atoms with Gasteiger partial charge in [0.2, 0.25) is 6.71 Å². The molecule has 3 aromatic carbocycles. The van der Waals surface area contributed by atoms with Crippen LogP contribution in [0.25, 0.3) is 12.2 Å². The quantitative estimate of drug-likeness (QED) is 0.255. The van der Waals surface area contributed by atoms with E-state index in [-0.39, 0.29) is 6.71 Å². The van der Waals surface area contributed by atoms with Gasteiger partial charge in [0.05, 0.1) is 0 Å². The van der Waals surface area contributed by atoms with Gasteiger partial charge in [-0.25, -0.2) is 0 Å². The monoisotopic (exact) mass is 506 g/mol. The number of rotatable bonds is 10. The molecule has 0 aliphatic heterocycles. The molecule has 3 heteroatoms. The van der Waals surface area contributed by atoms with Crippen molar-refractivity contribution in [3.63, 3.8) is 0 Å². The van der Waals surface area contributed by atoms with Gasteiger partial charge in [0.15, 0.2) is 0 Å². The summed E-state index contributed by atoms with van der Waals surface area (Å²) >= 11 is 0. The minimum Gasteiger partial charge on any atom is -0.378 e. The summed E-state index contributed by atoms with van der Waals surface area (Å²) in [6.07, 6.45) is 4.57. The molecule has 38 heavy (non-hydrogen) atoms. The lowest BCUT2D eigenvalue weighted by Crippen LogP contribution is -2.35. The van der Waals surface area contributed by atoms with Crippen LogP contribution in [0.1, 0.15) is 87.1 Å². The van der Waals surface area contributed by atoms with Crippen molar-refractivity contribution in [2.75, 3.05) is 38.0 Å². The van der Waals surface area contributed by atoms with Crippen molar-refractivity contribution < 1.29 is 0 Å². The highest BCUT2D eigenvalue weighted by Crippen LogP contribution is 2.27. The first kappa shape index (κ1) is 29.4. The third-order valence-electron chi connectivity index (χ3n) is 7.32. The second kappa shape index (κ2) is 13.0. The van der Waals surface area contributed by atoms with E-state index < -0.39 is 0 Å². The van der Waals surface area contributed by atoms with Gasteiger partial charge < -0.3 is 9.80 Å².